The highest BCUT2D eigenvalue weighted by atomic mass is 16.4. The molecule has 0 bridgehead atoms. The summed E-state index contributed by atoms with van der Waals surface area (Å²) >= 11 is 0. The fourth-order valence-electron chi connectivity index (χ4n) is 3.01. The van der Waals surface area contributed by atoms with Crippen molar-refractivity contribution in [1.29, 1.82) is 0 Å². The maximum Gasteiger partial charge on any atom is 0.401 e. The van der Waals surface area contributed by atoms with Gasteiger partial charge in [0.15, 0.2) is 0 Å². The third-order valence-electron chi connectivity index (χ3n) is 4.06. The maximum absolute atomic E-state index is 12.6. The molecular weight excluding hydrogens is 302 g/mol. The molecule has 1 unspecified atom stereocenters. The first-order valence-corrected chi connectivity index (χ1v) is 7.37. The predicted octanol–water partition coefficient (Wildman–Crippen LogP) is 0.0573. The van der Waals surface area contributed by atoms with Crippen LogP contribution in [-0.4, -0.2) is 56.8 Å². The molecule has 1 N–H and O–H groups in total. The van der Waals surface area contributed by atoms with Crippen LogP contribution in [0.1, 0.15) is 25.1 Å². The van der Waals surface area contributed by atoms with Gasteiger partial charge in [0.1, 0.15) is 18.4 Å². The van der Waals surface area contributed by atoms with Crippen molar-refractivity contribution in [2.45, 2.75) is 32.9 Å². The van der Waals surface area contributed by atoms with E-state index in [1.165, 1.54) is 11.9 Å². The summed E-state index contributed by atoms with van der Waals surface area (Å²) in [5.41, 5.74) is 0.960. The number of amides is 3. The molecule has 1 aromatic heterocycles. The Kier molecular flexibility index (Phi) is 3.42. The van der Waals surface area contributed by atoms with Gasteiger partial charge in [-0.05, 0) is 13.3 Å². The second-order valence-corrected chi connectivity index (χ2v) is 5.66. The average Bonchev–Trinajstić information content (AvgIpc) is 2.98. The molecule has 23 heavy (non-hydrogen) atoms. The Morgan fingerprint density at radius 2 is 2.13 bits per heavy atom. The van der Waals surface area contributed by atoms with Crippen LogP contribution in [-0.2, 0) is 16.1 Å². The Bertz CT molecular complexity index is 751. The smallest absolute Gasteiger partial charge is 0.401 e. The molecule has 0 saturated carbocycles. The number of rotatable bonds is 4. The lowest BCUT2D eigenvalue weighted by Gasteiger charge is -2.32. The zero-order valence-electron chi connectivity index (χ0n) is 13.2. The minimum absolute atomic E-state index is 0.335. The minimum atomic E-state index is -1.23. The molecule has 0 radical (unpaired) electrons. The summed E-state index contributed by atoms with van der Waals surface area (Å²) in [4.78, 5) is 42.3. The van der Waals surface area contributed by atoms with Crippen molar-refractivity contribution in [3.05, 3.63) is 11.9 Å². The SMILES string of the molecule is CCCn1c(C)c[n+]2c1N=C1C2C(=O)N(CC(=O)O)C(=O)N1C. The number of aliphatic carboxylic acids is 1. The van der Waals surface area contributed by atoms with E-state index in [2.05, 4.69) is 4.99 Å². The number of hydrogen-bond donors (Lipinski definition) is 1. The first kappa shape index (κ1) is 15.2. The number of carbonyl (C=O) groups is 3. The van der Waals surface area contributed by atoms with Crippen LogP contribution in [0.3, 0.4) is 0 Å². The number of imidazole rings is 1. The van der Waals surface area contributed by atoms with Gasteiger partial charge in [-0.3, -0.25) is 14.5 Å². The van der Waals surface area contributed by atoms with Crippen molar-refractivity contribution in [3.63, 3.8) is 0 Å². The van der Waals surface area contributed by atoms with Crippen molar-refractivity contribution in [1.82, 2.24) is 14.4 Å². The van der Waals surface area contributed by atoms with Gasteiger partial charge in [-0.15, -0.1) is 0 Å². The summed E-state index contributed by atoms with van der Waals surface area (Å²) < 4.78 is 3.69. The third-order valence-corrected chi connectivity index (χ3v) is 4.06. The lowest BCUT2D eigenvalue weighted by Crippen LogP contribution is -2.63. The maximum atomic E-state index is 12.6. The first-order valence-electron chi connectivity index (χ1n) is 7.37. The van der Waals surface area contributed by atoms with Crippen LogP contribution >= 0.6 is 0 Å². The molecule has 3 amide bonds. The first-order chi connectivity index (χ1) is 10.9. The Hall–Kier alpha value is -2.71. The zero-order chi connectivity index (χ0) is 16.9. The van der Waals surface area contributed by atoms with Crippen LogP contribution in [0.4, 0.5) is 10.7 Å². The number of carbonyl (C=O) groups excluding carboxylic acids is 2. The van der Waals surface area contributed by atoms with E-state index < -0.39 is 30.5 Å². The van der Waals surface area contributed by atoms with E-state index in [-0.39, 0.29) is 0 Å². The fraction of sp³-hybridized carbons (Fsp3) is 0.500. The molecule has 3 rings (SSSR count). The summed E-state index contributed by atoms with van der Waals surface area (Å²) in [7, 11) is 1.50. The molecule has 122 valence electrons. The van der Waals surface area contributed by atoms with Crippen molar-refractivity contribution in [2.75, 3.05) is 13.6 Å². The van der Waals surface area contributed by atoms with Crippen molar-refractivity contribution < 1.29 is 24.1 Å². The highest BCUT2D eigenvalue weighted by molar-refractivity contribution is 6.19. The molecule has 2 aliphatic heterocycles. The number of amidine groups is 1. The van der Waals surface area contributed by atoms with Gasteiger partial charge in [0.05, 0.1) is 6.54 Å². The highest BCUT2D eigenvalue weighted by Gasteiger charge is 2.53. The Balaban J connectivity index is 2.07. The number of aromatic nitrogens is 2. The summed E-state index contributed by atoms with van der Waals surface area (Å²) in [5, 5.41) is 8.94. The zero-order valence-corrected chi connectivity index (χ0v) is 13.2. The normalized spacial score (nSPS) is 19.8. The van der Waals surface area contributed by atoms with Gasteiger partial charge in [-0.2, -0.15) is 0 Å². The number of aryl methyl sites for hydroxylation is 1. The number of fused-ring (bicyclic) bond motifs is 3. The number of carboxylic acids is 1. The van der Waals surface area contributed by atoms with Crippen LogP contribution in [0, 0.1) is 6.92 Å². The standard InChI is InChI=1S/C14H17N5O4/c1-4-5-17-8(2)6-18-10-11(15-13(17)18)16(3)14(23)19(12(10)22)7-9(20)21/h6,10H,4-5,7H2,1-3H3/p+1. The Morgan fingerprint density at radius 3 is 2.74 bits per heavy atom. The van der Waals surface area contributed by atoms with Gasteiger partial charge >= 0.3 is 17.9 Å². The molecule has 3 heterocycles. The Morgan fingerprint density at radius 1 is 1.43 bits per heavy atom. The van der Waals surface area contributed by atoms with Gasteiger partial charge in [-0.1, -0.05) is 11.9 Å². The van der Waals surface area contributed by atoms with Crippen molar-refractivity contribution in [2.24, 2.45) is 4.99 Å². The summed E-state index contributed by atoms with van der Waals surface area (Å²) in [5.74, 6) is -0.855. The van der Waals surface area contributed by atoms with E-state index in [4.69, 9.17) is 5.11 Å². The molecule has 9 nitrogen and oxygen atoms in total. The molecule has 0 aromatic carbocycles. The van der Waals surface area contributed by atoms with Gasteiger partial charge < -0.3 is 5.11 Å². The minimum Gasteiger partial charge on any atom is -0.480 e. The predicted molar refractivity (Wildman–Crippen MR) is 78.3 cm³/mol. The molecule has 1 fully saturated rings. The third kappa shape index (κ3) is 2.11. The highest BCUT2D eigenvalue weighted by Crippen LogP contribution is 2.29. The van der Waals surface area contributed by atoms with Gasteiger partial charge in [-0.25, -0.2) is 18.8 Å². The van der Waals surface area contributed by atoms with Crippen LogP contribution < -0.4 is 4.57 Å². The van der Waals surface area contributed by atoms with E-state index in [1.54, 1.807) is 4.57 Å². The van der Waals surface area contributed by atoms with Crippen LogP contribution in [0.2, 0.25) is 0 Å². The van der Waals surface area contributed by atoms with E-state index in [1.807, 2.05) is 24.6 Å². The van der Waals surface area contributed by atoms with E-state index in [0.717, 1.165) is 23.6 Å². The van der Waals surface area contributed by atoms with Crippen molar-refractivity contribution >= 4 is 29.7 Å². The lowest BCUT2D eigenvalue weighted by molar-refractivity contribution is -0.677. The second-order valence-electron chi connectivity index (χ2n) is 5.66. The largest absolute Gasteiger partial charge is 0.480 e. The van der Waals surface area contributed by atoms with Crippen LogP contribution in [0.5, 0.6) is 0 Å². The van der Waals surface area contributed by atoms with E-state index >= 15 is 0 Å². The average molecular weight is 320 g/mol. The van der Waals surface area contributed by atoms with Gasteiger partial charge in [0.2, 0.25) is 11.9 Å². The Labute approximate surface area is 132 Å². The monoisotopic (exact) mass is 320 g/mol. The quantitative estimate of drug-likeness (QED) is 0.793. The van der Waals surface area contributed by atoms with Crippen LogP contribution in [0.15, 0.2) is 11.2 Å². The summed E-state index contributed by atoms with van der Waals surface area (Å²) in [6.07, 6.45) is 2.72. The summed E-state index contributed by atoms with van der Waals surface area (Å²) in [6, 6.07) is -1.46. The number of imide groups is 1. The van der Waals surface area contributed by atoms with Crippen LogP contribution in [0.25, 0.3) is 0 Å². The number of carboxylic acid groups (broad SMARTS) is 1. The van der Waals surface area contributed by atoms with E-state index in [0.29, 0.717) is 11.8 Å². The molecule has 2 aliphatic rings. The molecule has 1 atom stereocenters. The van der Waals surface area contributed by atoms with Gasteiger partial charge in [0.25, 0.3) is 5.91 Å². The molecule has 1 saturated heterocycles. The number of likely N-dealkylation sites (N-methyl/N-ethyl adjacent to an activating group) is 1. The molecular formula is C14H18N5O4+. The second kappa shape index (κ2) is 5.18. The molecule has 9 heteroatoms. The molecule has 0 spiro atoms. The number of urea groups is 1. The molecule has 0 aliphatic carbocycles. The summed E-state index contributed by atoms with van der Waals surface area (Å²) in [6.45, 7) is 4.06. The van der Waals surface area contributed by atoms with Crippen molar-refractivity contribution in [3.8, 4) is 0 Å². The fourth-order valence-corrected chi connectivity index (χ4v) is 3.01. The van der Waals surface area contributed by atoms with Gasteiger partial charge in [0, 0.05) is 7.05 Å². The molecule has 1 aromatic rings. The van der Waals surface area contributed by atoms with E-state index in [9.17, 15) is 14.4 Å². The number of aliphatic imine (C=N–C) groups is 1. The number of nitrogens with zero attached hydrogens (tertiary/aromatic N) is 5. The number of hydrogen-bond acceptors (Lipinski definition) is 4. The lowest BCUT2D eigenvalue weighted by atomic mass is 10.1. The topological polar surface area (TPSA) is 99.1 Å².